The largest absolute Gasteiger partial charge is 0.495 e. The molecular weight excluding hydrogens is 483 g/mol. The smallest absolute Gasteiger partial charge is 0.256 e. The van der Waals surface area contributed by atoms with Gasteiger partial charge in [0.1, 0.15) is 11.6 Å². The maximum atomic E-state index is 13.7. The lowest BCUT2D eigenvalue weighted by Crippen LogP contribution is -2.47. The number of benzene rings is 3. The minimum absolute atomic E-state index is 0.00950. The van der Waals surface area contributed by atoms with Crippen LogP contribution >= 0.6 is 0 Å². The number of piperidine rings is 1. The Hall–Kier alpha value is -4.07. The zero-order chi connectivity index (χ0) is 26.5. The fourth-order valence-corrected chi connectivity index (χ4v) is 5.21. The molecule has 0 saturated carbocycles. The summed E-state index contributed by atoms with van der Waals surface area (Å²) in [6.07, 6.45) is 3.13. The van der Waals surface area contributed by atoms with E-state index in [-0.39, 0.29) is 11.8 Å². The number of hydrogen-bond donors (Lipinski definition) is 1. The van der Waals surface area contributed by atoms with E-state index in [1.807, 2.05) is 35.2 Å². The topological polar surface area (TPSA) is 65.1 Å². The maximum Gasteiger partial charge on any atom is 0.256 e. The number of ether oxygens (including phenoxy) is 1. The van der Waals surface area contributed by atoms with Crippen LogP contribution in [0.4, 0.5) is 21.5 Å². The zero-order valence-corrected chi connectivity index (χ0v) is 21.7. The van der Waals surface area contributed by atoms with Crippen LogP contribution in [0.2, 0.25) is 0 Å². The van der Waals surface area contributed by atoms with Gasteiger partial charge in [-0.3, -0.25) is 9.59 Å². The molecule has 2 amide bonds. The van der Waals surface area contributed by atoms with E-state index in [9.17, 15) is 14.0 Å². The summed E-state index contributed by atoms with van der Waals surface area (Å²) >= 11 is 0. The molecule has 2 aliphatic rings. The number of nitrogens with zero attached hydrogens (tertiary/aromatic N) is 3. The fourth-order valence-electron chi connectivity index (χ4n) is 5.21. The summed E-state index contributed by atoms with van der Waals surface area (Å²) in [5, 5.41) is 2.87. The van der Waals surface area contributed by atoms with Gasteiger partial charge in [-0.1, -0.05) is 12.1 Å². The molecule has 0 spiro atoms. The molecule has 2 aliphatic heterocycles. The summed E-state index contributed by atoms with van der Waals surface area (Å²) < 4.78 is 18.8. The third-order valence-electron chi connectivity index (χ3n) is 7.28. The predicted octanol–water partition coefficient (Wildman–Crippen LogP) is 5.04. The molecule has 3 aromatic rings. The van der Waals surface area contributed by atoms with Gasteiger partial charge in [-0.15, -0.1) is 0 Å². The lowest BCUT2D eigenvalue weighted by molar-refractivity contribution is 0.0724. The third-order valence-corrected chi connectivity index (χ3v) is 7.28. The van der Waals surface area contributed by atoms with Crippen LogP contribution in [0, 0.1) is 5.82 Å². The molecule has 0 aliphatic carbocycles. The number of carbonyl (C=O) groups excluding carboxylic acids is 2. The van der Waals surface area contributed by atoms with Crippen LogP contribution in [-0.4, -0.2) is 63.1 Å². The van der Waals surface area contributed by atoms with Crippen molar-refractivity contribution in [2.45, 2.75) is 19.3 Å². The third kappa shape index (κ3) is 5.59. The van der Waals surface area contributed by atoms with Crippen LogP contribution in [0.25, 0.3) is 0 Å². The molecule has 1 N–H and O–H groups in total. The van der Waals surface area contributed by atoms with Gasteiger partial charge in [0.15, 0.2) is 0 Å². The van der Waals surface area contributed by atoms with Crippen molar-refractivity contribution >= 4 is 28.9 Å². The monoisotopic (exact) mass is 516 g/mol. The highest BCUT2D eigenvalue weighted by Gasteiger charge is 2.26. The number of anilines is 3. The van der Waals surface area contributed by atoms with E-state index >= 15 is 0 Å². The van der Waals surface area contributed by atoms with E-state index in [1.165, 1.54) is 24.3 Å². The highest BCUT2D eigenvalue weighted by atomic mass is 19.1. The van der Waals surface area contributed by atoms with Gasteiger partial charge in [0.05, 0.1) is 18.4 Å². The SMILES string of the molecule is COc1ccccc1N1CCN(c2ccc(NC(=O)c3ccc(F)cc3)cc2C(=O)N2CCCCC2)CC1. The molecule has 2 heterocycles. The summed E-state index contributed by atoms with van der Waals surface area (Å²) in [4.78, 5) is 32.9. The van der Waals surface area contributed by atoms with Crippen molar-refractivity contribution in [1.82, 2.24) is 4.90 Å². The molecule has 7 nitrogen and oxygen atoms in total. The summed E-state index contributed by atoms with van der Waals surface area (Å²) in [5.74, 6) is 0.0959. The lowest BCUT2D eigenvalue weighted by Gasteiger charge is -2.39. The Bertz CT molecular complexity index is 1280. The summed E-state index contributed by atoms with van der Waals surface area (Å²) in [7, 11) is 1.68. The van der Waals surface area contributed by atoms with Crippen LogP contribution in [0.1, 0.15) is 40.0 Å². The number of likely N-dealkylation sites (tertiary alicyclic amines) is 1. The quantitative estimate of drug-likeness (QED) is 0.497. The van der Waals surface area contributed by atoms with E-state index in [0.29, 0.717) is 16.8 Å². The molecule has 0 atom stereocenters. The highest BCUT2D eigenvalue weighted by Crippen LogP contribution is 2.32. The van der Waals surface area contributed by atoms with Crippen LogP contribution in [0.15, 0.2) is 66.7 Å². The van der Waals surface area contributed by atoms with Gasteiger partial charge in [-0.05, 0) is 73.9 Å². The van der Waals surface area contributed by atoms with Crippen LogP contribution in [-0.2, 0) is 0 Å². The van der Waals surface area contributed by atoms with Crippen molar-refractivity contribution < 1.29 is 18.7 Å². The molecule has 2 saturated heterocycles. The second kappa shape index (κ2) is 11.5. The molecule has 198 valence electrons. The second-order valence-electron chi connectivity index (χ2n) is 9.69. The van der Waals surface area contributed by atoms with E-state index in [4.69, 9.17) is 4.74 Å². The number of nitrogens with one attached hydrogen (secondary N) is 1. The number of carbonyl (C=O) groups is 2. The predicted molar refractivity (Wildman–Crippen MR) is 148 cm³/mol. The summed E-state index contributed by atoms with van der Waals surface area (Å²) in [6.45, 7) is 4.57. The Morgan fingerprint density at radius 1 is 0.789 bits per heavy atom. The number of methoxy groups -OCH3 is 1. The standard InChI is InChI=1S/C30H33FN4O3/c1-38-28-8-4-3-7-27(28)34-19-17-33(18-20-34)26-14-13-24(32-29(36)22-9-11-23(31)12-10-22)21-25(26)30(37)35-15-5-2-6-16-35/h3-4,7-14,21H,2,5-6,15-20H2,1H3,(H,32,36). The highest BCUT2D eigenvalue weighted by molar-refractivity contribution is 6.06. The van der Waals surface area contributed by atoms with Gasteiger partial charge in [-0.2, -0.15) is 0 Å². The van der Waals surface area contributed by atoms with Crippen LogP contribution in [0.5, 0.6) is 5.75 Å². The number of halogens is 1. The second-order valence-corrected chi connectivity index (χ2v) is 9.69. The summed E-state index contributed by atoms with van der Waals surface area (Å²) in [6, 6.07) is 19.0. The van der Waals surface area contributed by atoms with E-state index < -0.39 is 5.82 Å². The number of rotatable bonds is 6. The van der Waals surface area contributed by atoms with Crippen molar-refractivity contribution in [2.75, 3.05) is 61.5 Å². The van der Waals surface area contributed by atoms with Crippen molar-refractivity contribution in [3.63, 3.8) is 0 Å². The molecule has 0 radical (unpaired) electrons. The van der Waals surface area contributed by atoms with Crippen LogP contribution in [0.3, 0.4) is 0 Å². The van der Waals surface area contributed by atoms with Gasteiger partial charge in [-0.25, -0.2) is 4.39 Å². The van der Waals surface area contributed by atoms with Crippen LogP contribution < -0.4 is 19.9 Å². The molecule has 8 heteroatoms. The van der Waals surface area contributed by atoms with Gasteiger partial charge >= 0.3 is 0 Å². The molecule has 0 aromatic heterocycles. The summed E-state index contributed by atoms with van der Waals surface area (Å²) in [5.41, 5.74) is 3.43. The Morgan fingerprint density at radius 2 is 1.45 bits per heavy atom. The van der Waals surface area contributed by atoms with Crippen molar-refractivity contribution in [2.24, 2.45) is 0 Å². The van der Waals surface area contributed by atoms with E-state index in [0.717, 1.165) is 75.7 Å². The first-order valence-corrected chi connectivity index (χ1v) is 13.2. The normalized spacial score (nSPS) is 15.8. The molecule has 2 fully saturated rings. The van der Waals surface area contributed by atoms with Gasteiger partial charge in [0.25, 0.3) is 11.8 Å². The van der Waals surface area contributed by atoms with Gasteiger partial charge in [0, 0.05) is 56.2 Å². The van der Waals surface area contributed by atoms with E-state index in [2.05, 4.69) is 21.2 Å². The number of para-hydroxylation sites is 2. The number of amides is 2. The van der Waals surface area contributed by atoms with E-state index in [1.54, 1.807) is 13.2 Å². The number of hydrogen-bond acceptors (Lipinski definition) is 5. The Labute approximate surface area is 222 Å². The van der Waals surface area contributed by atoms with Gasteiger partial charge in [0.2, 0.25) is 0 Å². The van der Waals surface area contributed by atoms with Crippen molar-refractivity contribution in [1.29, 1.82) is 0 Å². The van der Waals surface area contributed by atoms with Gasteiger partial charge < -0.3 is 24.8 Å². The first-order valence-electron chi connectivity index (χ1n) is 13.2. The molecule has 0 bridgehead atoms. The van der Waals surface area contributed by atoms with Crippen molar-refractivity contribution in [3.8, 4) is 5.75 Å². The zero-order valence-electron chi connectivity index (χ0n) is 21.7. The lowest BCUT2D eigenvalue weighted by atomic mass is 10.0. The first kappa shape index (κ1) is 25.6. The molecule has 0 unspecified atom stereocenters. The Morgan fingerprint density at radius 3 is 2.13 bits per heavy atom. The minimum atomic E-state index is -0.397. The molecule has 38 heavy (non-hydrogen) atoms. The maximum absolute atomic E-state index is 13.7. The average molecular weight is 517 g/mol. The Kier molecular flexibility index (Phi) is 7.77. The first-order chi connectivity index (χ1) is 18.5. The minimum Gasteiger partial charge on any atom is -0.495 e. The molecular formula is C30H33FN4O3. The molecule has 3 aromatic carbocycles. The van der Waals surface area contributed by atoms with Crippen molar-refractivity contribution in [3.05, 3.63) is 83.7 Å². The average Bonchev–Trinajstić information content (AvgIpc) is 2.97. The Balaban J connectivity index is 1.38. The number of piperazine rings is 1. The fraction of sp³-hybridized carbons (Fsp3) is 0.333. The molecule has 5 rings (SSSR count).